The van der Waals surface area contributed by atoms with E-state index in [0.29, 0.717) is 19.6 Å². The zero-order valence-electron chi connectivity index (χ0n) is 35.2. The highest BCUT2D eigenvalue weighted by Gasteiger charge is 2.22. The average Bonchev–Trinajstić information content (AvgIpc) is 3.12. The maximum absolute atomic E-state index is 13.5. The van der Waals surface area contributed by atoms with Gasteiger partial charge in [-0.15, -0.1) is 0 Å². The van der Waals surface area contributed by atoms with Gasteiger partial charge in [0.15, 0.2) is 0 Å². The Morgan fingerprint density at radius 2 is 0.865 bits per heavy atom. The Balaban J connectivity index is 4.56. The predicted octanol–water partition coefficient (Wildman–Crippen LogP) is 12.4. The van der Waals surface area contributed by atoms with Crippen molar-refractivity contribution in [2.24, 2.45) is 0 Å². The van der Waals surface area contributed by atoms with Crippen molar-refractivity contribution in [3.8, 4) is 0 Å². The van der Waals surface area contributed by atoms with Gasteiger partial charge in [0.05, 0.1) is 6.54 Å². The maximum Gasteiger partial charge on any atom is 0.324 e. The second kappa shape index (κ2) is 40.0. The lowest BCUT2D eigenvalue weighted by atomic mass is 10.1. The molecule has 52 heavy (non-hydrogen) atoms. The van der Waals surface area contributed by atoms with Crippen molar-refractivity contribution >= 4 is 11.9 Å². The van der Waals surface area contributed by atoms with E-state index in [1.165, 1.54) is 133 Å². The van der Waals surface area contributed by atoms with Gasteiger partial charge in [0.1, 0.15) is 0 Å². The molecule has 0 aliphatic rings. The lowest BCUT2D eigenvalue weighted by molar-refractivity contribution is -0.129. The highest BCUT2D eigenvalue weighted by atomic mass is 16.2. The molecule has 0 aromatic rings. The molecule has 0 rings (SSSR count). The van der Waals surface area contributed by atoms with Gasteiger partial charge in [0, 0.05) is 13.1 Å². The van der Waals surface area contributed by atoms with Crippen molar-refractivity contribution in [2.75, 3.05) is 53.4 Å². The van der Waals surface area contributed by atoms with E-state index in [-0.39, 0.29) is 11.9 Å². The molecule has 6 heteroatoms. The molecule has 0 radical (unpaired) electrons. The summed E-state index contributed by atoms with van der Waals surface area (Å²) in [4.78, 5) is 32.2. The quantitative estimate of drug-likeness (QED) is 0.0511. The molecule has 6 nitrogen and oxygen atoms in total. The van der Waals surface area contributed by atoms with Gasteiger partial charge < -0.3 is 10.2 Å². The van der Waals surface area contributed by atoms with Crippen LogP contribution < -0.4 is 5.32 Å². The molecule has 0 aliphatic heterocycles. The van der Waals surface area contributed by atoms with Crippen LogP contribution in [-0.2, 0) is 4.79 Å². The number of urea groups is 1. The fourth-order valence-corrected chi connectivity index (χ4v) is 6.33. The van der Waals surface area contributed by atoms with Crippen LogP contribution in [0.2, 0.25) is 0 Å². The van der Waals surface area contributed by atoms with E-state index < -0.39 is 0 Å². The SMILES string of the molecule is CCCCC/C=C\C/C=C\CCCCCCCCN(CCCCCCCC/C=C\C/C=C\CCCCC)CC(=O)N(CCCN(C)C)C(=O)NCC. The lowest BCUT2D eigenvalue weighted by Crippen LogP contribution is -2.49. The molecule has 0 bridgehead atoms. The topological polar surface area (TPSA) is 55.9 Å². The van der Waals surface area contributed by atoms with Crippen LogP contribution in [0.4, 0.5) is 4.79 Å². The number of nitrogens with zero attached hydrogens (tertiary/aromatic N) is 3. The Labute approximate surface area is 324 Å². The first-order valence-corrected chi connectivity index (χ1v) is 22.0. The monoisotopic (exact) mass is 727 g/mol. The van der Waals surface area contributed by atoms with E-state index in [1.807, 2.05) is 21.0 Å². The summed E-state index contributed by atoms with van der Waals surface area (Å²) >= 11 is 0. The van der Waals surface area contributed by atoms with Gasteiger partial charge in [-0.05, 0) is 124 Å². The second-order valence-corrected chi connectivity index (χ2v) is 15.0. The van der Waals surface area contributed by atoms with Gasteiger partial charge in [-0.1, -0.05) is 140 Å². The Bertz CT molecular complexity index is 862. The average molecular weight is 727 g/mol. The Morgan fingerprint density at radius 1 is 0.462 bits per heavy atom. The van der Waals surface area contributed by atoms with Crippen LogP contribution in [0, 0.1) is 0 Å². The predicted molar refractivity (Wildman–Crippen MR) is 229 cm³/mol. The first-order valence-electron chi connectivity index (χ1n) is 22.0. The van der Waals surface area contributed by atoms with E-state index in [2.05, 4.69) is 77.6 Å². The summed E-state index contributed by atoms with van der Waals surface area (Å²) in [5.41, 5.74) is 0. The number of carbonyl (C=O) groups is 2. The first-order chi connectivity index (χ1) is 25.5. The van der Waals surface area contributed by atoms with Crippen LogP contribution >= 0.6 is 0 Å². The summed E-state index contributed by atoms with van der Waals surface area (Å²) < 4.78 is 0. The number of allylic oxidation sites excluding steroid dienone is 8. The molecule has 0 saturated carbocycles. The molecule has 3 amide bonds. The van der Waals surface area contributed by atoms with Gasteiger partial charge >= 0.3 is 6.03 Å². The molecule has 0 aromatic heterocycles. The summed E-state index contributed by atoms with van der Waals surface area (Å²) in [6.07, 6.45) is 49.1. The molecule has 0 aromatic carbocycles. The number of unbranched alkanes of at least 4 members (excludes halogenated alkanes) is 18. The van der Waals surface area contributed by atoms with Gasteiger partial charge in [-0.3, -0.25) is 14.6 Å². The van der Waals surface area contributed by atoms with Gasteiger partial charge in [-0.25, -0.2) is 4.79 Å². The second-order valence-electron chi connectivity index (χ2n) is 15.0. The third-order valence-electron chi connectivity index (χ3n) is 9.57. The number of carbonyl (C=O) groups excluding carboxylic acids is 2. The zero-order chi connectivity index (χ0) is 38.2. The van der Waals surface area contributed by atoms with Crippen LogP contribution in [-0.4, -0.2) is 80.0 Å². The maximum atomic E-state index is 13.5. The molecule has 0 saturated heterocycles. The molecule has 0 heterocycles. The van der Waals surface area contributed by atoms with E-state index in [9.17, 15) is 9.59 Å². The van der Waals surface area contributed by atoms with E-state index in [1.54, 1.807) is 0 Å². The van der Waals surface area contributed by atoms with Crippen molar-refractivity contribution in [3.63, 3.8) is 0 Å². The van der Waals surface area contributed by atoms with Crippen LogP contribution in [0.25, 0.3) is 0 Å². The fraction of sp³-hybridized carbons (Fsp3) is 0.783. The molecule has 0 atom stereocenters. The largest absolute Gasteiger partial charge is 0.338 e. The first kappa shape index (κ1) is 49.8. The molecule has 0 fully saturated rings. The van der Waals surface area contributed by atoms with Gasteiger partial charge in [0.25, 0.3) is 0 Å². The summed E-state index contributed by atoms with van der Waals surface area (Å²) in [6.45, 7) is 10.5. The van der Waals surface area contributed by atoms with Crippen molar-refractivity contribution in [2.45, 2.75) is 181 Å². The Kier molecular flexibility index (Phi) is 38.3. The zero-order valence-corrected chi connectivity index (χ0v) is 35.2. The molecule has 302 valence electrons. The van der Waals surface area contributed by atoms with Crippen molar-refractivity contribution in [3.05, 3.63) is 48.6 Å². The van der Waals surface area contributed by atoms with E-state index in [0.717, 1.165) is 51.7 Å². The number of nitrogens with one attached hydrogen (secondary N) is 1. The van der Waals surface area contributed by atoms with Gasteiger partial charge in [-0.2, -0.15) is 0 Å². The molecular weight excluding hydrogens is 641 g/mol. The van der Waals surface area contributed by atoms with Crippen LogP contribution in [0.5, 0.6) is 0 Å². The molecule has 0 spiro atoms. The highest BCUT2D eigenvalue weighted by Crippen LogP contribution is 2.12. The van der Waals surface area contributed by atoms with Crippen LogP contribution in [0.3, 0.4) is 0 Å². The van der Waals surface area contributed by atoms with E-state index >= 15 is 0 Å². The van der Waals surface area contributed by atoms with Crippen molar-refractivity contribution in [1.29, 1.82) is 0 Å². The summed E-state index contributed by atoms with van der Waals surface area (Å²) in [5.74, 6) is -0.0650. The Morgan fingerprint density at radius 3 is 1.27 bits per heavy atom. The van der Waals surface area contributed by atoms with Gasteiger partial charge in [0.2, 0.25) is 5.91 Å². The number of imide groups is 1. The highest BCUT2D eigenvalue weighted by molar-refractivity contribution is 5.95. The van der Waals surface area contributed by atoms with Crippen molar-refractivity contribution in [1.82, 2.24) is 20.0 Å². The molecule has 0 aliphatic carbocycles. The summed E-state index contributed by atoms with van der Waals surface area (Å²) in [5, 5.41) is 2.86. The number of hydrogen-bond acceptors (Lipinski definition) is 4. The van der Waals surface area contributed by atoms with Crippen LogP contribution in [0.15, 0.2) is 48.6 Å². The smallest absolute Gasteiger partial charge is 0.324 e. The summed E-state index contributed by atoms with van der Waals surface area (Å²) in [6, 6.07) is -0.256. The molecular formula is C46H86N4O2. The minimum absolute atomic E-state index is 0.0650. The van der Waals surface area contributed by atoms with Crippen LogP contribution in [0.1, 0.15) is 181 Å². The standard InChI is InChI=1S/C46H86N4O2/c1-6-9-11-13-15-17-19-21-23-25-27-29-31-33-35-37-41-49(44-45(51)50(46(52)47-8-3)43-39-40-48(4)5)42-38-36-34-32-30-28-26-24-22-20-18-16-14-12-10-7-2/h15-18,21-24H,6-14,19-20,25-44H2,1-5H3,(H,47,52)/b17-15-,18-16-,23-21-,24-22-. The number of hydrogen-bond donors (Lipinski definition) is 1. The number of rotatable bonds is 37. The normalized spacial score (nSPS) is 12.2. The van der Waals surface area contributed by atoms with Crippen molar-refractivity contribution < 1.29 is 9.59 Å². The lowest BCUT2D eigenvalue weighted by Gasteiger charge is -2.27. The Hall–Kier alpha value is -2.18. The number of amides is 3. The minimum atomic E-state index is -0.256. The minimum Gasteiger partial charge on any atom is -0.338 e. The molecule has 0 unspecified atom stereocenters. The molecule has 1 N–H and O–H groups in total. The third-order valence-corrected chi connectivity index (χ3v) is 9.57. The third kappa shape index (κ3) is 34.9. The summed E-state index contributed by atoms with van der Waals surface area (Å²) in [7, 11) is 4.06. The van der Waals surface area contributed by atoms with E-state index in [4.69, 9.17) is 0 Å². The fourth-order valence-electron chi connectivity index (χ4n) is 6.33.